The zero-order valence-electron chi connectivity index (χ0n) is 25.8. The third-order valence-electron chi connectivity index (χ3n) is 8.65. The molecule has 1 amide bonds. The van der Waals surface area contributed by atoms with Crippen molar-refractivity contribution >= 4 is 29.4 Å². The second-order valence-corrected chi connectivity index (χ2v) is 11.9. The lowest BCUT2D eigenvalue weighted by atomic mass is 9.71. The number of fused-ring (bicyclic) bond motifs is 1. The number of hydrogen-bond donors (Lipinski definition) is 2. The Kier molecular flexibility index (Phi) is 9.17. The van der Waals surface area contributed by atoms with Crippen molar-refractivity contribution in [2.75, 3.05) is 11.9 Å². The van der Waals surface area contributed by atoms with Gasteiger partial charge >= 0.3 is 23.9 Å². The van der Waals surface area contributed by atoms with E-state index in [-0.39, 0.29) is 41.1 Å². The normalized spacial score (nSPS) is 23.5. The van der Waals surface area contributed by atoms with Gasteiger partial charge in [-0.3, -0.25) is 14.9 Å². The van der Waals surface area contributed by atoms with Crippen molar-refractivity contribution in [3.8, 4) is 6.07 Å². The molecule has 1 aliphatic heterocycles. The minimum atomic E-state index is -2.13. The lowest BCUT2D eigenvalue weighted by molar-refractivity contribution is -0.167. The Balaban J connectivity index is 1.36. The highest BCUT2D eigenvalue weighted by Crippen LogP contribution is 2.43. The smallest absolute Gasteiger partial charge is 0.462 e. The molecule has 0 unspecified atom stereocenters. The summed E-state index contributed by atoms with van der Waals surface area (Å²) in [6.45, 7) is 5.51. The van der Waals surface area contributed by atoms with Crippen LogP contribution in [0.25, 0.3) is 5.52 Å². The molecule has 1 saturated heterocycles. The number of aromatic nitrogens is 3. The molecule has 2 aliphatic rings. The Morgan fingerprint density at radius 3 is 2.59 bits per heavy atom. The van der Waals surface area contributed by atoms with E-state index < -0.39 is 59.8 Å². The molecule has 5 rings (SSSR count). The van der Waals surface area contributed by atoms with Crippen LogP contribution in [0, 0.1) is 29.6 Å². The maximum Gasteiger partial charge on any atom is 0.519 e. The van der Waals surface area contributed by atoms with Crippen molar-refractivity contribution in [2.45, 2.75) is 90.3 Å². The Labute approximate surface area is 262 Å². The highest BCUT2D eigenvalue weighted by Gasteiger charge is 2.60. The summed E-state index contributed by atoms with van der Waals surface area (Å²) in [6.07, 6.45) is 0.877. The quantitative estimate of drug-likeness (QED) is 0.254. The number of aliphatic hydroxyl groups excluding tert-OH is 1. The first-order valence-corrected chi connectivity index (χ1v) is 14.9. The molecule has 0 bridgehead atoms. The van der Waals surface area contributed by atoms with Crippen LogP contribution < -0.4 is 11.1 Å². The molecule has 3 aromatic rings. The van der Waals surface area contributed by atoms with Crippen molar-refractivity contribution in [1.29, 1.82) is 5.26 Å². The van der Waals surface area contributed by atoms with E-state index in [0.717, 1.165) is 45.4 Å². The molecule has 0 radical (unpaired) electrons. The van der Waals surface area contributed by atoms with Crippen molar-refractivity contribution in [3.63, 3.8) is 0 Å². The number of nitrogens with zero attached hydrogens (tertiary/aromatic N) is 4. The number of hydrogen-bond acceptors (Lipinski definition) is 14. The van der Waals surface area contributed by atoms with Gasteiger partial charge in [0.25, 0.3) is 0 Å². The van der Waals surface area contributed by atoms with E-state index >= 15 is 0 Å². The molecule has 1 saturated carbocycles. The van der Waals surface area contributed by atoms with E-state index in [9.17, 15) is 29.5 Å². The van der Waals surface area contributed by atoms with Crippen LogP contribution in [0.1, 0.15) is 70.1 Å². The average Bonchev–Trinajstić information content (AvgIpc) is 3.69. The first kappa shape index (κ1) is 32.6. The van der Waals surface area contributed by atoms with Gasteiger partial charge in [-0.1, -0.05) is 19.3 Å². The fourth-order valence-electron chi connectivity index (χ4n) is 6.05. The minimum absolute atomic E-state index is 0.0239. The van der Waals surface area contributed by atoms with Crippen LogP contribution in [-0.4, -0.2) is 62.7 Å². The maximum atomic E-state index is 13.2. The van der Waals surface area contributed by atoms with E-state index in [1.165, 1.54) is 23.6 Å². The van der Waals surface area contributed by atoms with E-state index in [1.807, 2.05) is 19.9 Å². The van der Waals surface area contributed by atoms with Crippen LogP contribution in [0.3, 0.4) is 0 Å². The Hall–Kier alpha value is -4.75. The summed E-state index contributed by atoms with van der Waals surface area (Å²) in [5.41, 5.74) is -2.68. The highest BCUT2D eigenvalue weighted by molar-refractivity contribution is 5.88. The monoisotopic (exact) mass is 641 g/mol. The predicted octanol–water partition coefficient (Wildman–Crippen LogP) is 2.89. The molecule has 0 spiro atoms. The minimum Gasteiger partial charge on any atom is -0.462 e. The Bertz CT molecular complexity index is 1710. The maximum absolute atomic E-state index is 13.2. The van der Waals surface area contributed by atoms with Crippen molar-refractivity contribution in [3.05, 3.63) is 46.3 Å². The lowest BCUT2D eigenvalue weighted by Gasteiger charge is -2.35. The van der Waals surface area contributed by atoms with Crippen LogP contribution in [0.15, 0.2) is 32.1 Å². The fraction of sp³-hybridized carbons (Fsp3) is 0.567. The Morgan fingerprint density at radius 1 is 1.20 bits per heavy atom. The van der Waals surface area contributed by atoms with E-state index in [0.29, 0.717) is 0 Å². The van der Waals surface area contributed by atoms with E-state index in [4.69, 9.17) is 27.8 Å². The SMILES string of the molecule is CC(=O)O[C@H]1[C@@H](O)[C@](C#N)(c2ccc3c(NC(=O)OCc4oc(=O)oc4C)ncnn23)O[C@@H]1COC(=O)C(C)(C)C1CCCCC1. The van der Waals surface area contributed by atoms with Crippen LogP contribution in [-0.2, 0) is 40.7 Å². The van der Waals surface area contributed by atoms with Gasteiger partial charge in [0.1, 0.15) is 36.7 Å². The number of rotatable bonds is 9. The zero-order chi connectivity index (χ0) is 33.2. The summed E-state index contributed by atoms with van der Waals surface area (Å²) in [5, 5.41) is 28.5. The summed E-state index contributed by atoms with van der Waals surface area (Å²) >= 11 is 0. The molecule has 3 aromatic heterocycles. The molecule has 2 fully saturated rings. The molecule has 46 heavy (non-hydrogen) atoms. The molecule has 4 heterocycles. The lowest BCUT2D eigenvalue weighted by Crippen LogP contribution is -2.43. The topological polar surface area (TPSA) is 218 Å². The van der Waals surface area contributed by atoms with Gasteiger partial charge in [0.2, 0.25) is 5.60 Å². The second kappa shape index (κ2) is 12.9. The van der Waals surface area contributed by atoms with Gasteiger partial charge in [-0.2, -0.15) is 10.4 Å². The average molecular weight is 642 g/mol. The summed E-state index contributed by atoms with van der Waals surface area (Å²) in [4.78, 5) is 53.1. The third kappa shape index (κ3) is 6.20. The van der Waals surface area contributed by atoms with Crippen LogP contribution >= 0.6 is 0 Å². The molecule has 16 nitrogen and oxygen atoms in total. The molecule has 0 aromatic carbocycles. The number of aliphatic hydroxyl groups is 1. The number of ether oxygens (including phenoxy) is 4. The van der Waals surface area contributed by atoms with Gasteiger partial charge in [0.05, 0.1) is 11.1 Å². The fourth-order valence-corrected chi connectivity index (χ4v) is 6.05. The van der Waals surface area contributed by atoms with Gasteiger partial charge < -0.3 is 32.9 Å². The van der Waals surface area contributed by atoms with Crippen molar-refractivity contribution in [2.24, 2.45) is 11.3 Å². The van der Waals surface area contributed by atoms with Crippen LogP contribution in [0.4, 0.5) is 10.6 Å². The number of nitrogens with one attached hydrogen (secondary N) is 1. The van der Waals surface area contributed by atoms with Crippen molar-refractivity contribution in [1.82, 2.24) is 14.6 Å². The second-order valence-electron chi connectivity index (χ2n) is 11.9. The van der Waals surface area contributed by atoms with E-state index in [2.05, 4.69) is 15.4 Å². The number of esters is 2. The molecule has 1 aliphatic carbocycles. The number of aryl methyl sites for hydroxylation is 1. The summed E-state index contributed by atoms with van der Waals surface area (Å²) in [6, 6.07) is 4.89. The van der Waals surface area contributed by atoms with Gasteiger partial charge in [-0.25, -0.2) is 19.1 Å². The van der Waals surface area contributed by atoms with Gasteiger partial charge in [0.15, 0.2) is 30.0 Å². The summed E-state index contributed by atoms with van der Waals surface area (Å²) < 4.78 is 33.0. The molecule has 16 heteroatoms. The number of carbonyl (C=O) groups excluding carboxylic acids is 3. The third-order valence-corrected chi connectivity index (χ3v) is 8.65. The highest BCUT2D eigenvalue weighted by atomic mass is 16.6. The number of anilines is 1. The number of nitriles is 1. The predicted molar refractivity (Wildman–Crippen MR) is 154 cm³/mol. The molecular weight excluding hydrogens is 606 g/mol. The van der Waals surface area contributed by atoms with Gasteiger partial charge in [-0.05, 0) is 51.7 Å². The van der Waals surface area contributed by atoms with Gasteiger partial charge in [-0.15, -0.1) is 0 Å². The zero-order valence-corrected chi connectivity index (χ0v) is 25.8. The molecule has 4 atom stereocenters. The molecular formula is C30H35N5O11. The van der Waals surface area contributed by atoms with Crippen molar-refractivity contribution < 1.29 is 47.3 Å². The molecule has 2 N–H and O–H groups in total. The van der Waals surface area contributed by atoms with Crippen LogP contribution in [0.5, 0.6) is 0 Å². The molecule has 246 valence electrons. The Morgan fingerprint density at radius 2 is 1.93 bits per heavy atom. The van der Waals surface area contributed by atoms with E-state index in [1.54, 1.807) is 0 Å². The van der Waals surface area contributed by atoms with Gasteiger partial charge in [0, 0.05) is 6.92 Å². The summed E-state index contributed by atoms with van der Waals surface area (Å²) in [5.74, 6) is -1.82. The standard InChI is InChI=1S/C30H35N5O11/c1-16-20(45-28(40)43-16)12-42-27(39)34-25-19-10-11-22(35(19)33-15-32-25)30(14-31)24(37)23(44-17(2)36)21(46-30)13-41-26(38)29(3,4)18-8-6-5-7-9-18/h10-11,15,18,21,23-24,37H,5-9,12-13H2,1-4H3,(H,32,33,34,39)/t21-,23-,24-,30+/m1/s1. The summed E-state index contributed by atoms with van der Waals surface area (Å²) in [7, 11) is 0. The number of amides is 1. The number of carbonyl (C=O) groups is 3. The van der Waals surface area contributed by atoms with Crippen LogP contribution in [0.2, 0.25) is 0 Å². The first-order valence-electron chi connectivity index (χ1n) is 14.9. The first-order chi connectivity index (χ1) is 21.9. The largest absolute Gasteiger partial charge is 0.519 e.